The highest BCUT2D eigenvalue weighted by Crippen LogP contribution is 2.22. The molecule has 2 aromatic rings. The Kier molecular flexibility index (Phi) is 5.07. The maximum Gasteiger partial charge on any atom is 0.254 e. The summed E-state index contributed by atoms with van der Waals surface area (Å²) < 4.78 is 27.0. The molecule has 1 aliphatic heterocycles. The maximum atomic E-state index is 12.8. The molecule has 6 nitrogen and oxygen atoms in total. The summed E-state index contributed by atoms with van der Waals surface area (Å²) >= 11 is 0. The van der Waals surface area contributed by atoms with Gasteiger partial charge in [0.05, 0.1) is 10.5 Å². The highest BCUT2D eigenvalue weighted by Gasteiger charge is 2.32. The van der Waals surface area contributed by atoms with Crippen LogP contribution < -0.4 is 0 Å². The van der Waals surface area contributed by atoms with Crippen molar-refractivity contribution in [3.63, 3.8) is 0 Å². The van der Waals surface area contributed by atoms with Gasteiger partial charge in [-0.05, 0) is 30.7 Å². The van der Waals surface area contributed by atoms with Crippen LogP contribution in [0, 0.1) is 18.3 Å². The average Bonchev–Trinajstić information content (AvgIpc) is 2.68. The first kappa shape index (κ1) is 18.1. The van der Waals surface area contributed by atoms with Gasteiger partial charge in [0.1, 0.15) is 6.07 Å². The number of hydrogen-bond donors (Lipinski definition) is 0. The van der Waals surface area contributed by atoms with E-state index in [1.165, 1.54) is 16.4 Å². The topological polar surface area (TPSA) is 81.5 Å². The zero-order chi connectivity index (χ0) is 18.7. The van der Waals surface area contributed by atoms with Gasteiger partial charge in [-0.15, -0.1) is 0 Å². The Morgan fingerprint density at radius 1 is 1.00 bits per heavy atom. The number of rotatable bonds is 3. The minimum absolute atomic E-state index is 0.0150. The first-order valence-electron chi connectivity index (χ1n) is 8.29. The van der Waals surface area contributed by atoms with E-state index < -0.39 is 10.0 Å². The summed E-state index contributed by atoms with van der Waals surface area (Å²) in [5.41, 5.74) is 1.67. The average molecular weight is 369 g/mol. The third-order valence-corrected chi connectivity index (χ3v) is 6.48. The lowest BCUT2D eigenvalue weighted by Crippen LogP contribution is -2.50. The molecule has 26 heavy (non-hydrogen) atoms. The van der Waals surface area contributed by atoms with Crippen LogP contribution >= 0.6 is 0 Å². The molecule has 1 saturated heterocycles. The predicted octanol–water partition coefficient (Wildman–Crippen LogP) is 2.01. The number of hydrogen-bond acceptors (Lipinski definition) is 4. The largest absolute Gasteiger partial charge is 0.336 e. The standard InChI is InChI=1S/C19H19N3O3S/c1-15-6-2-4-8-17(15)19(23)21-10-12-22(13-11-21)26(24,25)18-9-5-3-7-16(18)14-20/h2-9H,10-13H2,1H3. The van der Waals surface area contributed by atoms with E-state index in [1.807, 2.05) is 31.2 Å². The highest BCUT2D eigenvalue weighted by atomic mass is 32.2. The second-order valence-electron chi connectivity index (χ2n) is 6.12. The van der Waals surface area contributed by atoms with Crippen molar-refractivity contribution in [1.82, 2.24) is 9.21 Å². The van der Waals surface area contributed by atoms with Crippen molar-refractivity contribution in [1.29, 1.82) is 5.26 Å². The van der Waals surface area contributed by atoms with Gasteiger partial charge in [0, 0.05) is 31.7 Å². The first-order chi connectivity index (χ1) is 12.4. The molecule has 0 aliphatic carbocycles. The summed E-state index contributed by atoms with van der Waals surface area (Å²) in [5.74, 6) is -0.0856. The SMILES string of the molecule is Cc1ccccc1C(=O)N1CCN(S(=O)(=O)c2ccccc2C#N)CC1. The minimum Gasteiger partial charge on any atom is -0.336 e. The molecule has 0 N–H and O–H groups in total. The lowest BCUT2D eigenvalue weighted by molar-refractivity contribution is 0.0697. The molecule has 0 radical (unpaired) electrons. The van der Waals surface area contributed by atoms with Crippen molar-refractivity contribution in [2.45, 2.75) is 11.8 Å². The highest BCUT2D eigenvalue weighted by molar-refractivity contribution is 7.89. The van der Waals surface area contributed by atoms with Crippen molar-refractivity contribution in [3.05, 3.63) is 65.2 Å². The Morgan fingerprint density at radius 3 is 2.27 bits per heavy atom. The Hall–Kier alpha value is -2.69. The summed E-state index contributed by atoms with van der Waals surface area (Å²) in [5, 5.41) is 9.16. The summed E-state index contributed by atoms with van der Waals surface area (Å²) in [4.78, 5) is 14.3. The van der Waals surface area contributed by atoms with Crippen molar-refractivity contribution < 1.29 is 13.2 Å². The molecule has 7 heteroatoms. The molecule has 3 rings (SSSR count). The summed E-state index contributed by atoms with van der Waals surface area (Å²) in [7, 11) is -3.75. The molecule has 0 atom stereocenters. The van der Waals surface area contributed by atoms with Crippen molar-refractivity contribution in [2.24, 2.45) is 0 Å². The molecule has 134 valence electrons. The van der Waals surface area contributed by atoms with Crippen molar-refractivity contribution in [3.8, 4) is 6.07 Å². The fraction of sp³-hybridized carbons (Fsp3) is 0.263. The van der Waals surface area contributed by atoms with Gasteiger partial charge in [0.2, 0.25) is 10.0 Å². The van der Waals surface area contributed by atoms with Crippen molar-refractivity contribution >= 4 is 15.9 Å². The third-order valence-electron chi connectivity index (χ3n) is 4.53. The van der Waals surface area contributed by atoms with E-state index in [0.29, 0.717) is 18.7 Å². The van der Waals surface area contributed by atoms with E-state index in [1.54, 1.807) is 23.1 Å². The number of piperazine rings is 1. The number of benzene rings is 2. The quantitative estimate of drug-likeness (QED) is 0.829. The number of nitrogens with zero attached hydrogens (tertiary/aromatic N) is 3. The van der Waals surface area contributed by atoms with Gasteiger partial charge in [-0.3, -0.25) is 4.79 Å². The lowest BCUT2D eigenvalue weighted by atomic mass is 10.1. The van der Waals surface area contributed by atoms with E-state index in [0.717, 1.165) is 5.56 Å². The number of nitriles is 1. The Labute approximate surface area is 153 Å². The van der Waals surface area contributed by atoms with E-state index in [2.05, 4.69) is 0 Å². The monoisotopic (exact) mass is 369 g/mol. The zero-order valence-corrected chi connectivity index (χ0v) is 15.2. The number of sulfonamides is 1. The number of carbonyl (C=O) groups is 1. The van der Waals surface area contributed by atoms with Gasteiger partial charge in [-0.1, -0.05) is 30.3 Å². The van der Waals surface area contributed by atoms with Crippen LogP contribution in [0.15, 0.2) is 53.4 Å². The minimum atomic E-state index is -3.75. The van der Waals surface area contributed by atoms with E-state index in [4.69, 9.17) is 5.26 Å². The van der Waals surface area contributed by atoms with Gasteiger partial charge >= 0.3 is 0 Å². The molecule has 1 fully saturated rings. The molecule has 1 heterocycles. The molecule has 2 aromatic carbocycles. The third kappa shape index (κ3) is 3.34. The molecule has 0 saturated carbocycles. The predicted molar refractivity (Wildman–Crippen MR) is 97.0 cm³/mol. The van der Waals surface area contributed by atoms with Crippen LogP contribution in [0.2, 0.25) is 0 Å². The fourth-order valence-electron chi connectivity index (χ4n) is 3.04. The van der Waals surface area contributed by atoms with Crippen LogP contribution in [0.25, 0.3) is 0 Å². The summed E-state index contributed by atoms with van der Waals surface area (Å²) in [6, 6.07) is 15.5. The number of aryl methyl sites for hydroxylation is 1. The molecule has 0 spiro atoms. The summed E-state index contributed by atoms with van der Waals surface area (Å²) in [6.07, 6.45) is 0. The lowest BCUT2D eigenvalue weighted by Gasteiger charge is -2.34. The van der Waals surface area contributed by atoms with Gasteiger partial charge in [-0.2, -0.15) is 9.57 Å². The van der Waals surface area contributed by atoms with E-state index in [-0.39, 0.29) is 29.5 Å². The van der Waals surface area contributed by atoms with Gasteiger partial charge in [0.15, 0.2) is 0 Å². The van der Waals surface area contributed by atoms with Crippen molar-refractivity contribution in [2.75, 3.05) is 26.2 Å². The zero-order valence-electron chi connectivity index (χ0n) is 14.4. The Balaban J connectivity index is 1.75. The van der Waals surface area contributed by atoms with Crippen LogP contribution in [0.1, 0.15) is 21.5 Å². The normalized spacial score (nSPS) is 15.5. The van der Waals surface area contributed by atoms with Crippen LogP contribution in [-0.4, -0.2) is 49.7 Å². The molecular weight excluding hydrogens is 350 g/mol. The smallest absolute Gasteiger partial charge is 0.254 e. The first-order valence-corrected chi connectivity index (χ1v) is 9.73. The molecular formula is C19H19N3O3S. The van der Waals surface area contributed by atoms with Gasteiger partial charge < -0.3 is 4.90 Å². The van der Waals surface area contributed by atoms with E-state index >= 15 is 0 Å². The van der Waals surface area contributed by atoms with E-state index in [9.17, 15) is 13.2 Å². The van der Waals surface area contributed by atoms with Crippen LogP contribution in [0.4, 0.5) is 0 Å². The number of amides is 1. The Morgan fingerprint density at radius 2 is 1.62 bits per heavy atom. The van der Waals surface area contributed by atoms with Crippen LogP contribution in [-0.2, 0) is 10.0 Å². The second-order valence-corrected chi connectivity index (χ2v) is 8.03. The molecule has 0 bridgehead atoms. The number of carbonyl (C=O) groups excluding carboxylic acids is 1. The van der Waals surface area contributed by atoms with Crippen LogP contribution in [0.5, 0.6) is 0 Å². The fourth-order valence-corrected chi connectivity index (χ4v) is 4.60. The molecule has 1 amide bonds. The molecule has 1 aliphatic rings. The molecule has 0 unspecified atom stereocenters. The Bertz CT molecular complexity index is 972. The molecule has 0 aromatic heterocycles. The summed E-state index contributed by atoms with van der Waals surface area (Å²) in [6.45, 7) is 2.94. The maximum absolute atomic E-state index is 12.8. The van der Waals surface area contributed by atoms with Gasteiger partial charge in [-0.25, -0.2) is 8.42 Å². The van der Waals surface area contributed by atoms with Crippen LogP contribution in [0.3, 0.4) is 0 Å². The second kappa shape index (κ2) is 7.28. The van der Waals surface area contributed by atoms with Gasteiger partial charge in [0.25, 0.3) is 5.91 Å².